The molecule has 1 aromatic heterocycles. The lowest BCUT2D eigenvalue weighted by atomic mass is 10.2. The van der Waals surface area contributed by atoms with E-state index in [2.05, 4.69) is 31.4 Å². The highest BCUT2D eigenvalue weighted by Crippen LogP contribution is 2.21. The monoisotopic (exact) mass is 448 g/mol. The van der Waals surface area contributed by atoms with E-state index in [4.69, 9.17) is 16.0 Å². The Balaban J connectivity index is 1.56. The Morgan fingerprint density at radius 1 is 1.22 bits per heavy atom. The number of hydrogen-bond acceptors (Lipinski definition) is 5. The molecule has 2 aromatic carbocycles. The lowest BCUT2D eigenvalue weighted by Crippen LogP contribution is -2.30. The molecule has 3 aromatic rings. The van der Waals surface area contributed by atoms with Crippen LogP contribution in [-0.2, 0) is 11.3 Å². The van der Waals surface area contributed by atoms with Crippen molar-refractivity contribution in [2.24, 2.45) is 0 Å². The second-order valence-corrected chi connectivity index (χ2v) is 7.54. The number of aryl methyl sites for hydroxylation is 1. The van der Waals surface area contributed by atoms with Crippen LogP contribution in [0, 0.1) is 6.92 Å². The van der Waals surface area contributed by atoms with Gasteiger partial charge in [-0.2, -0.15) is 0 Å². The second kappa shape index (κ2) is 8.65. The third-order valence-corrected chi connectivity index (χ3v) is 4.58. The van der Waals surface area contributed by atoms with E-state index in [0.29, 0.717) is 23.3 Å². The summed E-state index contributed by atoms with van der Waals surface area (Å²) in [6, 6.07) is 12.9. The van der Waals surface area contributed by atoms with Crippen LogP contribution in [0.15, 0.2) is 51.4 Å². The zero-order valence-electron chi connectivity index (χ0n) is 14.9. The van der Waals surface area contributed by atoms with Gasteiger partial charge in [-0.3, -0.25) is 9.69 Å². The fourth-order valence-electron chi connectivity index (χ4n) is 2.52. The number of anilines is 1. The van der Waals surface area contributed by atoms with Crippen molar-refractivity contribution in [2.45, 2.75) is 13.5 Å². The molecule has 8 heteroatoms. The number of rotatable bonds is 6. The van der Waals surface area contributed by atoms with Crippen molar-refractivity contribution >= 4 is 39.1 Å². The van der Waals surface area contributed by atoms with Gasteiger partial charge in [0.1, 0.15) is 0 Å². The van der Waals surface area contributed by atoms with Crippen LogP contribution in [0.5, 0.6) is 0 Å². The summed E-state index contributed by atoms with van der Waals surface area (Å²) in [6.07, 6.45) is 0. The molecule has 1 N–H and O–H groups in total. The molecule has 0 aliphatic heterocycles. The molecular formula is C19H18BrClN4O2. The summed E-state index contributed by atoms with van der Waals surface area (Å²) in [4.78, 5) is 14.1. The number of carbonyl (C=O) groups is 1. The molecule has 0 unspecified atom stereocenters. The lowest BCUT2D eigenvalue weighted by molar-refractivity contribution is -0.117. The number of amides is 1. The minimum atomic E-state index is -0.111. The Bertz CT molecular complexity index is 943. The van der Waals surface area contributed by atoms with Crippen molar-refractivity contribution in [1.82, 2.24) is 15.1 Å². The molecule has 0 fully saturated rings. The molecule has 140 valence electrons. The molecule has 1 amide bonds. The predicted octanol–water partition coefficient (Wildman–Crippen LogP) is 4.53. The maximum absolute atomic E-state index is 12.3. The van der Waals surface area contributed by atoms with E-state index in [0.717, 1.165) is 21.3 Å². The molecule has 0 aliphatic carbocycles. The maximum Gasteiger partial charge on any atom is 0.247 e. The minimum absolute atomic E-state index is 0.111. The van der Waals surface area contributed by atoms with Crippen LogP contribution >= 0.6 is 27.5 Å². The van der Waals surface area contributed by atoms with Gasteiger partial charge in [0.15, 0.2) is 0 Å². The van der Waals surface area contributed by atoms with Crippen molar-refractivity contribution in [3.63, 3.8) is 0 Å². The molecule has 27 heavy (non-hydrogen) atoms. The number of hydrogen-bond donors (Lipinski definition) is 1. The summed E-state index contributed by atoms with van der Waals surface area (Å²) in [5.41, 5.74) is 2.58. The van der Waals surface area contributed by atoms with Crippen LogP contribution < -0.4 is 5.32 Å². The third-order valence-electron chi connectivity index (χ3n) is 3.84. The Morgan fingerprint density at radius 3 is 2.67 bits per heavy atom. The number of carbonyl (C=O) groups excluding carboxylic acids is 1. The average Bonchev–Trinajstić information content (AvgIpc) is 3.06. The Labute approximate surface area is 170 Å². The number of benzene rings is 2. The van der Waals surface area contributed by atoms with Crippen LogP contribution in [0.3, 0.4) is 0 Å². The first-order valence-electron chi connectivity index (χ1n) is 8.23. The van der Waals surface area contributed by atoms with Crippen molar-refractivity contribution in [3.8, 4) is 11.5 Å². The van der Waals surface area contributed by atoms with Crippen molar-refractivity contribution in [3.05, 3.63) is 63.4 Å². The molecule has 0 radical (unpaired) electrons. The highest BCUT2D eigenvalue weighted by Gasteiger charge is 2.13. The van der Waals surface area contributed by atoms with Crippen molar-refractivity contribution < 1.29 is 9.21 Å². The van der Waals surface area contributed by atoms with Crippen molar-refractivity contribution in [2.75, 3.05) is 18.9 Å². The second-order valence-electron chi connectivity index (χ2n) is 6.19. The molecule has 0 aliphatic rings. The van der Waals surface area contributed by atoms with Gasteiger partial charge in [-0.1, -0.05) is 27.5 Å². The van der Waals surface area contributed by atoms with E-state index in [9.17, 15) is 4.79 Å². The first-order valence-corrected chi connectivity index (χ1v) is 9.40. The van der Waals surface area contributed by atoms with Crippen molar-refractivity contribution in [1.29, 1.82) is 0 Å². The standard InChI is InChI=1S/C19H18BrClN4O2/c1-12-9-14(20)5-8-16(12)22-17(26)10-25(2)11-18-23-24-19(27-18)13-3-6-15(21)7-4-13/h3-9H,10-11H2,1-2H3,(H,22,26). The number of aromatic nitrogens is 2. The molecule has 1 heterocycles. The smallest absolute Gasteiger partial charge is 0.247 e. The van der Waals surface area contributed by atoms with Gasteiger partial charge in [0.05, 0.1) is 13.1 Å². The van der Waals surface area contributed by atoms with Crippen LogP contribution in [0.1, 0.15) is 11.5 Å². The largest absolute Gasteiger partial charge is 0.419 e. The molecule has 0 saturated carbocycles. The molecule has 0 saturated heterocycles. The zero-order chi connectivity index (χ0) is 19.4. The van der Waals surface area contributed by atoms with Crippen LogP contribution in [0.25, 0.3) is 11.5 Å². The van der Waals surface area contributed by atoms with Gasteiger partial charge in [-0.15, -0.1) is 10.2 Å². The molecule has 6 nitrogen and oxygen atoms in total. The van der Waals surface area contributed by atoms with Gasteiger partial charge in [0.2, 0.25) is 17.7 Å². The average molecular weight is 450 g/mol. The number of nitrogens with one attached hydrogen (secondary N) is 1. The van der Waals surface area contributed by atoms with E-state index in [1.54, 1.807) is 12.1 Å². The van der Waals surface area contributed by atoms with Gasteiger partial charge in [0.25, 0.3) is 0 Å². The van der Waals surface area contributed by atoms with E-state index >= 15 is 0 Å². The first-order chi connectivity index (χ1) is 12.9. The zero-order valence-corrected chi connectivity index (χ0v) is 17.2. The number of halogens is 2. The fourth-order valence-corrected chi connectivity index (χ4v) is 3.12. The summed E-state index contributed by atoms with van der Waals surface area (Å²) >= 11 is 9.29. The summed E-state index contributed by atoms with van der Waals surface area (Å²) < 4.78 is 6.64. The Morgan fingerprint density at radius 2 is 1.96 bits per heavy atom. The van der Waals surface area contributed by atoms with Crippen LogP contribution in [-0.4, -0.2) is 34.6 Å². The van der Waals surface area contributed by atoms with E-state index < -0.39 is 0 Å². The Hall–Kier alpha value is -2.22. The Kier molecular flexibility index (Phi) is 6.26. The van der Waals surface area contributed by atoms with Gasteiger partial charge in [-0.25, -0.2) is 0 Å². The SMILES string of the molecule is Cc1cc(Br)ccc1NC(=O)CN(C)Cc1nnc(-c2ccc(Cl)cc2)o1. The maximum atomic E-state index is 12.3. The molecule has 3 rings (SSSR count). The van der Waals surface area contributed by atoms with E-state index in [1.165, 1.54) is 0 Å². The van der Waals surface area contributed by atoms with Gasteiger partial charge >= 0.3 is 0 Å². The van der Waals surface area contributed by atoms with E-state index in [1.807, 2.05) is 49.2 Å². The topological polar surface area (TPSA) is 71.3 Å². The highest BCUT2D eigenvalue weighted by atomic mass is 79.9. The summed E-state index contributed by atoms with van der Waals surface area (Å²) in [5.74, 6) is 0.750. The number of nitrogens with zero attached hydrogens (tertiary/aromatic N) is 3. The van der Waals surface area contributed by atoms with Gasteiger partial charge in [-0.05, 0) is 62.0 Å². The molecule has 0 bridgehead atoms. The highest BCUT2D eigenvalue weighted by molar-refractivity contribution is 9.10. The normalized spacial score (nSPS) is 11.0. The molecule has 0 atom stereocenters. The first kappa shape index (κ1) is 19.5. The van der Waals surface area contributed by atoms with E-state index in [-0.39, 0.29) is 12.5 Å². The fraction of sp³-hybridized carbons (Fsp3) is 0.211. The number of likely N-dealkylation sites (N-methyl/N-ethyl adjacent to an activating group) is 1. The summed E-state index contributed by atoms with van der Waals surface area (Å²) in [6.45, 7) is 2.52. The van der Waals surface area contributed by atoms with Gasteiger partial charge < -0.3 is 9.73 Å². The quantitative estimate of drug-likeness (QED) is 0.598. The molecule has 0 spiro atoms. The molecular weight excluding hydrogens is 432 g/mol. The van der Waals surface area contributed by atoms with Crippen LogP contribution in [0.4, 0.5) is 5.69 Å². The lowest BCUT2D eigenvalue weighted by Gasteiger charge is -2.15. The predicted molar refractivity (Wildman–Crippen MR) is 109 cm³/mol. The summed E-state index contributed by atoms with van der Waals surface area (Å²) in [7, 11) is 1.82. The van der Waals surface area contributed by atoms with Gasteiger partial charge in [0, 0.05) is 20.7 Å². The summed E-state index contributed by atoms with van der Waals surface area (Å²) in [5, 5.41) is 11.6. The van der Waals surface area contributed by atoms with Crippen LogP contribution in [0.2, 0.25) is 5.02 Å². The third kappa shape index (κ3) is 5.38. The minimum Gasteiger partial charge on any atom is -0.419 e.